The summed E-state index contributed by atoms with van der Waals surface area (Å²) in [5, 5.41) is 9.15. The number of hydrogen-bond donors (Lipinski definition) is 1. The summed E-state index contributed by atoms with van der Waals surface area (Å²) in [7, 11) is 0. The van der Waals surface area contributed by atoms with E-state index in [0.29, 0.717) is 11.5 Å². The van der Waals surface area contributed by atoms with Crippen molar-refractivity contribution in [3.63, 3.8) is 0 Å². The SMILES string of the molecule is Cc1cc(OCc2ccccc2C(=O)O)ccc1C(C)C. The van der Waals surface area contributed by atoms with Crippen molar-refractivity contribution in [3.8, 4) is 5.75 Å². The maximum absolute atomic E-state index is 11.2. The summed E-state index contributed by atoms with van der Waals surface area (Å²) in [5.74, 6) is 0.310. The second-order valence-electron chi connectivity index (χ2n) is 5.42. The van der Waals surface area contributed by atoms with Gasteiger partial charge in [-0.2, -0.15) is 0 Å². The van der Waals surface area contributed by atoms with E-state index < -0.39 is 5.97 Å². The molecule has 0 aliphatic rings. The topological polar surface area (TPSA) is 46.5 Å². The van der Waals surface area contributed by atoms with E-state index in [1.807, 2.05) is 18.2 Å². The highest BCUT2D eigenvalue weighted by Crippen LogP contribution is 2.24. The monoisotopic (exact) mass is 284 g/mol. The number of aryl methyl sites for hydroxylation is 1. The molecule has 2 aromatic rings. The lowest BCUT2D eigenvalue weighted by Crippen LogP contribution is -2.05. The zero-order valence-electron chi connectivity index (χ0n) is 12.6. The van der Waals surface area contributed by atoms with Crippen LogP contribution in [0.2, 0.25) is 0 Å². The molecule has 0 bridgehead atoms. The van der Waals surface area contributed by atoms with Gasteiger partial charge < -0.3 is 9.84 Å². The van der Waals surface area contributed by atoms with Crippen molar-refractivity contribution in [2.45, 2.75) is 33.3 Å². The van der Waals surface area contributed by atoms with Gasteiger partial charge in [0.25, 0.3) is 0 Å². The van der Waals surface area contributed by atoms with Gasteiger partial charge in [-0.25, -0.2) is 4.79 Å². The van der Waals surface area contributed by atoms with Gasteiger partial charge in [0.2, 0.25) is 0 Å². The van der Waals surface area contributed by atoms with E-state index in [1.54, 1.807) is 18.2 Å². The summed E-state index contributed by atoms with van der Waals surface area (Å²) in [6.45, 7) is 6.63. The summed E-state index contributed by atoms with van der Waals surface area (Å²) in [4.78, 5) is 11.2. The summed E-state index contributed by atoms with van der Waals surface area (Å²) in [6.07, 6.45) is 0. The molecule has 0 unspecified atom stereocenters. The van der Waals surface area contributed by atoms with Crippen molar-refractivity contribution in [2.24, 2.45) is 0 Å². The number of aromatic carboxylic acids is 1. The number of carbonyl (C=O) groups is 1. The fourth-order valence-electron chi connectivity index (χ4n) is 2.40. The molecule has 0 fully saturated rings. The van der Waals surface area contributed by atoms with Gasteiger partial charge in [-0.05, 0) is 42.2 Å². The third-order valence-corrected chi connectivity index (χ3v) is 3.51. The molecular weight excluding hydrogens is 264 g/mol. The Kier molecular flexibility index (Phi) is 4.63. The Labute approximate surface area is 125 Å². The van der Waals surface area contributed by atoms with E-state index in [1.165, 1.54) is 11.1 Å². The lowest BCUT2D eigenvalue weighted by molar-refractivity contribution is 0.0694. The number of carboxylic acid groups (broad SMARTS) is 1. The fourth-order valence-corrected chi connectivity index (χ4v) is 2.40. The van der Waals surface area contributed by atoms with E-state index >= 15 is 0 Å². The van der Waals surface area contributed by atoms with Gasteiger partial charge in [0, 0.05) is 5.56 Å². The van der Waals surface area contributed by atoms with Crippen LogP contribution in [0.4, 0.5) is 0 Å². The predicted molar refractivity (Wildman–Crippen MR) is 83.0 cm³/mol. The molecule has 2 rings (SSSR count). The lowest BCUT2D eigenvalue weighted by atomic mass is 9.98. The first-order valence-electron chi connectivity index (χ1n) is 7.03. The number of ether oxygens (including phenoxy) is 1. The van der Waals surface area contributed by atoms with Crippen LogP contribution in [0.25, 0.3) is 0 Å². The molecule has 110 valence electrons. The first kappa shape index (κ1) is 15.1. The largest absolute Gasteiger partial charge is 0.489 e. The van der Waals surface area contributed by atoms with Gasteiger partial charge in [0.05, 0.1) is 5.56 Å². The highest BCUT2D eigenvalue weighted by Gasteiger charge is 2.10. The fraction of sp³-hybridized carbons (Fsp3) is 0.278. The molecule has 0 aliphatic heterocycles. The average molecular weight is 284 g/mol. The molecule has 3 heteroatoms. The van der Waals surface area contributed by atoms with Gasteiger partial charge in [-0.3, -0.25) is 0 Å². The molecular formula is C18H20O3. The number of rotatable bonds is 5. The number of benzene rings is 2. The zero-order valence-corrected chi connectivity index (χ0v) is 12.6. The number of carboxylic acids is 1. The summed E-state index contributed by atoms with van der Waals surface area (Å²) in [5.41, 5.74) is 3.45. The van der Waals surface area contributed by atoms with Crippen molar-refractivity contribution in [1.29, 1.82) is 0 Å². The second kappa shape index (κ2) is 6.44. The van der Waals surface area contributed by atoms with E-state index in [0.717, 1.165) is 5.75 Å². The van der Waals surface area contributed by atoms with Gasteiger partial charge in [0.1, 0.15) is 12.4 Å². The van der Waals surface area contributed by atoms with Crippen LogP contribution in [0.3, 0.4) is 0 Å². The Morgan fingerprint density at radius 1 is 1.19 bits per heavy atom. The van der Waals surface area contributed by atoms with Crippen molar-refractivity contribution < 1.29 is 14.6 Å². The maximum Gasteiger partial charge on any atom is 0.336 e. The highest BCUT2D eigenvalue weighted by atomic mass is 16.5. The van der Waals surface area contributed by atoms with Gasteiger partial charge in [0.15, 0.2) is 0 Å². The van der Waals surface area contributed by atoms with E-state index in [4.69, 9.17) is 9.84 Å². The van der Waals surface area contributed by atoms with Crippen LogP contribution in [0.5, 0.6) is 5.75 Å². The van der Waals surface area contributed by atoms with Crippen LogP contribution in [0.15, 0.2) is 42.5 Å². The molecule has 0 saturated heterocycles. The summed E-state index contributed by atoms with van der Waals surface area (Å²) >= 11 is 0. The first-order valence-corrected chi connectivity index (χ1v) is 7.03. The third kappa shape index (κ3) is 3.63. The highest BCUT2D eigenvalue weighted by molar-refractivity contribution is 5.89. The molecule has 0 aromatic heterocycles. The van der Waals surface area contributed by atoms with E-state index in [-0.39, 0.29) is 12.2 Å². The van der Waals surface area contributed by atoms with Crippen LogP contribution in [-0.2, 0) is 6.61 Å². The second-order valence-corrected chi connectivity index (χ2v) is 5.42. The minimum absolute atomic E-state index is 0.253. The Bertz CT molecular complexity index is 645. The molecule has 0 heterocycles. The van der Waals surface area contributed by atoms with Gasteiger partial charge in [-0.15, -0.1) is 0 Å². The van der Waals surface area contributed by atoms with Crippen LogP contribution in [0, 0.1) is 6.92 Å². The predicted octanol–water partition coefficient (Wildman–Crippen LogP) is 4.40. The zero-order chi connectivity index (χ0) is 15.4. The molecule has 0 saturated carbocycles. The first-order chi connectivity index (χ1) is 9.99. The van der Waals surface area contributed by atoms with Crippen molar-refractivity contribution in [3.05, 3.63) is 64.7 Å². The normalized spacial score (nSPS) is 10.7. The smallest absolute Gasteiger partial charge is 0.336 e. The van der Waals surface area contributed by atoms with Crippen molar-refractivity contribution >= 4 is 5.97 Å². The van der Waals surface area contributed by atoms with Crippen LogP contribution in [-0.4, -0.2) is 11.1 Å². The minimum atomic E-state index is -0.930. The van der Waals surface area contributed by atoms with Crippen LogP contribution >= 0.6 is 0 Å². The summed E-state index contributed by atoms with van der Waals surface area (Å²) < 4.78 is 5.74. The van der Waals surface area contributed by atoms with E-state index in [2.05, 4.69) is 26.8 Å². The Hall–Kier alpha value is -2.29. The molecule has 3 nitrogen and oxygen atoms in total. The Morgan fingerprint density at radius 2 is 1.90 bits per heavy atom. The van der Waals surface area contributed by atoms with Crippen molar-refractivity contribution in [1.82, 2.24) is 0 Å². The average Bonchev–Trinajstić information content (AvgIpc) is 2.45. The summed E-state index contributed by atoms with van der Waals surface area (Å²) in [6, 6.07) is 12.9. The lowest BCUT2D eigenvalue weighted by Gasteiger charge is -2.13. The molecule has 2 aromatic carbocycles. The molecule has 0 spiro atoms. The maximum atomic E-state index is 11.2. The molecule has 0 aliphatic carbocycles. The van der Waals surface area contributed by atoms with Gasteiger partial charge in [-0.1, -0.05) is 38.1 Å². The molecule has 21 heavy (non-hydrogen) atoms. The quantitative estimate of drug-likeness (QED) is 0.885. The van der Waals surface area contributed by atoms with Crippen LogP contribution in [0.1, 0.15) is 46.8 Å². The molecule has 1 N–H and O–H groups in total. The Balaban J connectivity index is 2.14. The van der Waals surface area contributed by atoms with Crippen LogP contribution < -0.4 is 4.74 Å². The standard InChI is InChI=1S/C18H20O3/c1-12(2)16-9-8-15(10-13(16)3)21-11-14-6-4-5-7-17(14)18(19)20/h4-10,12H,11H2,1-3H3,(H,19,20). The third-order valence-electron chi connectivity index (χ3n) is 3.51. The molecule has 0 amide bonds. The van der Waals surface area contributed by atoms with Gasteiger partial charge >= 0.3 is 5.97 Å². The van der Waals surface area contributed by atoms with E-state index in [9.17, 15) is 4.79 Å². The minimum Gasteiger partial charge on any atom is -0.489 e. The number of hydrogen-bond acceptors (Lipinski definition) is 2. The van der Waals surface area contributed by atoms with Crippen molar-refractivity contribution in [2.75, 3.05) is 0 Å². The Morgan fingerprint density at radius 3 is 2.52 bits per heavy atom. The molecule has 0 atom stereocenters. The molecule has 0 radical (unpaired) electrons.